The standard InChI is InChI=1S/C19H19BrN4O4S/c1-12-21-22-19(24(12)13-7-5-4-6-8-13)29-18(11-23(25)26)14-9-16(27-2)17(28-3)10-15(14)20/h4-10,18H,11H2,1-3H3/t18-/m0/s1. The normalized spacial score (nSPS) is 11.9. The number of aryl methyl sites for hydroxylation is 1. The van der Waals surface area contributed by atoms with Crippen molar-refractivity contribution < 1.29 is 14.4 Å². The predicted molar refractivity (Wildman–Crippen MR) is 114 cm³/mol. The lowest BCUT2D eigenvalue weighted by Gasteiger charge is -2.18. The van der Waals surface area contributed by atoms with Crippen molar-refractivity contribution in [3.05, 3.63) is 68.4 Å². The van der Waals surface area contributed by atoms with Crippen molar-refractivity contribution in [2.24, 2.45) is 0 Å². The molecule has 29 heavy (non-hydrogen) atoms. The van der Waals surface area contributed by atoms with Crippen molar-refractivity contribution in [1.29, 1.82) is 0 Å². The van der Waals surface area contributed by atoms with Crippen molar-refractivity contribution in [3.63, 3.8) is 0 Å². The highest BCUT2D eigenvalue weighted by molar-refractivity contribution is 9.10. The number of methoxy groups -OCH3 is 2. The SMILES string of the molecule is COc1cc(Br)c([C@H](C[N+](=O)[O-])Sc2nnc(C)n2-c2ccccc2)cc1OC. The van der Waals surface area contributed by atoms with Gasteiger partial charge in [0.25, 0.3) is 0 Å². The fraction of sp³-hybridized carbons (Fsp3) is 0.263. The molecule has 152 valence electrons. The molecule has 1 aromatic heterocycles. The first kappa shape index (κ1) is 21.1. The van der Waals surface area contributed by atoms with Gasteiger partial charge in [-0.15, -0.1) is 10.2 Å². The molecule has 1 atom stereocenters. The molecular weight excluding hydrogens is 460 g/mol. The maximum atomic E-state index is 11.4. The smallest absolute Gasteiger partial charge is 0.220 e. The zero-order valence-electron chi connectivity index (χ0n) is 16.0. The van der Waals surface area contributed by atoms with E-state index in [2.05, 4.69) is 26.1 Å². The van der Waals surface area contributed by atoms with Gasteiger partial charge < -0.3 is 9.47 Å². The lowest BCUT2D eigenvalue weighted by Crippen LogP contribution is -2.12. The maximum absolute atomic E-state index is 11.4. The van der Waals surface area contributed by atoms with E-state index in [1.165, 1.54) is 18.9 Å². The summed E-state index contributed by atoms with van der Waals surface area (Å²) in [7, 11) is 3.07. The summed E-state index contributed by atoms with van der Waals surface area (Å²) in [5.41, 5.74) is 1.60. The Morgan fingerprint density at radius 1 is 1.17 bits per heavy atom. The number of para-hydroxylation sites is 1. The molecule has 3 rings (SSSR count). The Morgan fingerprint density at radius 3 is 2.45 bits per heavy atom. The van der Waals surface area contributed by atoms with E-state index in [-0.39, 0.29) is 11.5 Å². The number of aromatic nitrogens is 3. The average Bonchev–Trinajstić information content (AvgIpc) is 3.07. The molecule has 0 aliphatic rings. The zero-order chi connectivity index (χ0) is 21.0. The van der Waals surface area contributed by atoms with E-state index in [1.54, 1.807) is 19.2 Å². The Bertz CT molecular complexity index is 1010. The first-order valence-electron chi connectivity index (χ1n) is 8.62. The lowest BCUT2D eigenvalue weighted by molar-refractivity contribution is -0.479. The van der Waals surface area contributed by atoms with Crippen LogP contribution < -0.4 is 9.47 Å². The quantitative estimate of drug-likeness (QED) is 0.268. The third-order valence-electron chi connectivity index (χ3n) is 4.22. The number of ether oxygens (including phenoxy) is 2. The molecule has 0 spiro atoms. The molecule has 0 aliphatic heterocycles. The second kappa shape index (κ2) is 9.27. The van der Waals surface area contributed by atoms with Gasteiger partial charge in [-0.2, -0.15) is 0 Å². The van der Waals surface area contributed by atoms with Crippen molar-refractivity contribution in [3.8, 4) is 17.2 Å². The fourth-order valence-electron chi connectivity index (χ4n) is 2.87. The highest BCUT2D eigenvalue weighted by atomic mass is 79.9. The monoisotopic (exact) mass is 478 g/mol. The molecule has 3 aromatic rings. The van der Waals surface area contributed by atoms with Crippen LogP contribution in [0.1, 0.15) is 16.6 Å². The Kier molecular flexibility index (Phi) is 6.75. The van der Waals surface area contributed by atoms with E-state index in [4.69, 9.17) is 9.47 Å². The molecule has 0 saturated heterocycles. The van der Waals surface area contributed by atoms with E-state index in [0.29, 0.717) is 32.5 Å². The molecule has 0 fully saturated rings. The molecule has 0 N–H and O–H groups in total. The van der Waals surface area contributed by atoms with Gasteiger partial charge in [0.1, 0.15) is 11.1 Å². The van der Waals surface area contributed by atoms with E-state index in [0.717, 1.165) is 5.69 Å². The van der Waals surface area contributed by atoms with Crippen LogP contribution in [0.5, 0.6) is 11.5 Å². The van der Waals surface area contributed by atoms with Crippen LogP contribution >= 0.6 is 27.7 Å². The van der Waals surface area contributed by atoms with Gasteiger partial charge in [0.15, 0.2) is 16.7 Å². The van der Waals surface area contributed by atoms with Crippen LogP contribution in [0.3, 0.4) is 0 Å². The number of thioether (sulfide) groups is 1. The second-order valence-electron chi connectivity index (χ2n) is 6.05. The largest absolute Gasteiger partial charge is 0.493 e. The second-order valence-corrected chi connectivity index (χ2v) is 8.08. The average molecular weight is 479 g/mol. The number of hydrogen-bond acceptors (Lipinski definition) is 7. The summed E-state index contributed by atoms with van der Waals surface area (Å²) in [6, 6.07) is 13.1. The Morgan fingerprint density at radius 2 is 1.83 bits per heavy atom. The number of hydrogen-bond donors (Lipinski definition) is 0. The fourth-order valence-corrected chi connectivity index (χ4v) is 4.83. The van der Waals surface area contributed by atoms with Crippen LogP contribution in [-0.2, 0) is 0 Å². The van der Waals surface area contributed by atoms with Gasteiger partial charge in [-0.05, 0) is 36.8 Å². The molecule has 0 aliphatic carbocycles. The van der Waals surface area contributed by atoms with Crippen LogP contribution in [0.25, 0.3) is 5.69 Å². The first-order chi connectivity index (χ1) is 13.9. The van der Waals surface area contributed by atoms with Crippen molar-refractivity contribution in [2.45, 2.75) is 17.3 Å². The van der Waals surface area contributed by atoms with Gasteiger partial charge >= 0.3 is 0 Å². The predicted octanol–water partition coefficient (Wildman–Crippen LogP) is 4.47. The summed E-state index contributed by atoms with van der Waals surface area (Å²) in [4.78, 5) is 11.1. The van der Waals surface area contributed by atoms with Crippen molar-refractivity contribution in [2.75, 3.05) is 20.8 Å². The third kappa shape index (κ3) is 4.70. The zero-order valence-corrected chi connectivity index (χ0v) is 18.4. The molecule has 10 heteroatoms. The lowest BCUT2D eigenvalue weighted by atomic mass is 10.1. The van der Waals surface area contributed by atoms with E-state index >= 15 is 0 Å². The van der Waals surface area contributed by atoms with E-state index < -0.39 is 5.25 Å². The van der Waals surface area contributed by atoms with E-state index in [1.807, 2.05) is 41.8 Å². The highest BCUT2D eigenvalue weighted by Gasteiger charge is 2.27. The molecule has 8 nitrogen and oxygen atoms in total. The van der Waals surface area contributed by atoms with Gasteiger partial charge in [0.05, 0.1) is 14.2 Å². The number of nitrogens with zero attached hydrogens (tertiary/aromatic N) is 4. The third-order valence-corrected chi connectivity index (χ3v) is 6.07. The van der Waals surface area contributed by atoms with Gasteiger partial charge in [-0.3, -0.25) is 14.7 Å². The molecule has 0 saturated carbocycles. The summed E-state index contributed by atoms with van der Waals surface area (Å²) in [5, 5.41) is 19.9. The molecule has 0 radical (unpaired) electrons. The Labute approximate surface area is 180 Å². The molecule has 1 heterocycles. The van der Waals surface area contributed by atoms with Gasteiger partial charge in [0.2, 0.25) is 6.54 Å². The van der Waals surface area contributed by atoms with E-state index in [9.17, 15) is 10.1 Å². The minimum absolute atomic E-state index is 0.292. The summed E-state index contributed by atoms with van der Waals surface area (Å²) in [6.07, 6.45) is 0. The van der Waals surface area contributed by atoms with Crippen LogP contribution in [0.15, 0.2) is 52.1 Å². The van der Waals surface area contributed by atoms with Crippen LogP contribution in [-0.4, -0.2) is 40.5 Å². The first-order valence-corrected chi connectivity index (χ1v) is 10.3. The summed E-state index contributed by atoms with van der Waals surface area (Å²) >= 11 is 4.79. The Hall–Kier alpha value is -2.59. The minimum atomic E-state index is -0.523. The topological polar surface area (TPSA) is 92.3 Å². The van der Waals surface area contributed by atoms with Gasteiger partial charge in [-0.25, -0.2) is 0 Å². The molecule has 2 aromatic carbocycles. The van der Waals surface area contributed by atoms with Crippen LogP contribution in [0, 0.1) is 17.0 Å². The van der Waals surface area contributed by atoms with Gasteiger partial charge in [0, 0.05) is 15.1 Å². The summed E-state index contributed by atoms with van der Waals surface area (Å²) < 4.78 is 13.3. The molecule has 0 amide bonds. The number of benzene rings is 2. The Balaban J connectivity index is 2.04. The highest BCUT2D eigenvalue weighted by Crippen LogP contribution is 2.43. The number of rotatable bonds is 8. The van der Waals surface area contributed by atoms with Crippen LogP contribution in [0.2, 0.25) is 0 Å². The van der Waals surface area contributed by atoms with Crippen LogP contribution in [0.4, 0.5) is 0 Å². The van der Waals surface area contributed by atoms with Crippen molar-refractivity contribution >= 4 is 27.7 Å². The molecule has 0 unspecified atom stereocenters. The number of halogens is 1. The number of nitro groups is 1. The molecular formula is C19H19BrN4O4S. The minimum Gasteiger partial charge on any atom is -0.493 e. The van der Waals surface area contributed by atoms with Gasteiger partial charge in [-0.1, -0.05) is 45.9 Å². The maximum Gasteiger partial charge on any atom is 0.220 e. The molecule has 0 bridgehead atoms. The summed E-state index contributed by atoms with van der Waals surface area (Å²) in [5.74, 6) is 1.74. The van der Waals surface area contributed by atoms with Crippen molar-refractivity contribution in [1.82, 2.24) is 14.8 Å². The summed E-state index contributed by atoms with van der Waals surface area (Å²) in [6.45, 7) is 1.55.